The molecule has 2 N–H and O–H groups in total. The molecule has 1 aromatic rings. The molecule has 3 amide bonds. The fourth-order valence-corrected chi connectivity index (χ4v) is 2.50. The predicted octanol–water partition coefficient (Wildman–Crippen LogP) is 1.67. The molecule has 0 aliphatic carbocycles. The van der Waals surface area contributed by atoms with Crippen molar-refractivity contribution < 1.29 is 9.59 Å². The number of urea groups is 1. The van der Waals surface area contributed by atoms with Gasteiger partial charge in [-0.25, -0.2) is 4.79 Å². The van der Waals surface area contributed by atoms with Crippen LogP contribution in [0.2, 0.25) is 0 Å². The lowest BCUT2D eigenvalue weighted by molar-refractivity contribution is -0.117. The first-order chi connectivity index (χ1) is 9.49. The van der Waals surface area contributed by atoms with Gasteiger partial charge >= 0.3 is 6.03 Å². The van der Waals surface area contributed by atoms with E-state index in [9.17, 15) is 9.59 Å². The van der Waals surface area contributed by atoms with Gasteiger partial charge in [-0.1, -0.05) is 18.2 Å². The maximum Gasteiger partial charge on any atom is 0.315 e. The molecular weight excluding hydrogens is 254 g/mol. The maximum atomic E-state index is 12.3. The van der Waals surface area contributed by atoms with Gasteiger partial charge in [-0.2, -0.15) is 0 Å². The molecule has 0 radical (unpaired) electrons. The van der Waals surface area contributed by atoms with E-state index in [0.29, 0.717) is 0 Å². The van der Waals surface area contributed by atoms with Crippen LogP contribution in [0.15, 0.2) is 24.3 Å². The molecule has 0 fully saturated rings. The Morgan fingerprint density at radius 2 is 2.05 bits per heavy atom. The van der Waals surface area contributed by atoms with Gasteiger partial charge < -0.3 is 15.5 Å². The van der Waals surface area contributed by atoms with Crippen LogP contribution in [-0.2, 0) is 11.2 Å². The zero-order valence-electron chi connectivity index (χ0n) is 12.1. The lowest BCUT2D eigenvalue weighted by atomic mass is 10.1. The van der Waals surface area contributed by atoms with Gasteiger partial charge in [-0.3, -0.25) is 4.79 Å². The molecule has 0 spiro atoms. The highest BCUT2D eigenvalue weighted by Gasteiger charge is 2.30. The lowest BCUT2D eigenvalue weighted by Gasteiger charge is -2.23. The molecule has 2 rings (SSSR count). The molecule has 1 aliphatic rings. The van der Waals surface area contributed by atoms with Crippen molar-refractivity contribution in [1.29, 1.82) is 0 Å². The zero-order chi connectivity index (χ0) is 14.7. The molecule has 20 heavy (non-hydrogen) atoms. The summed E-state index contributed by atoms with van der Waals surface area (Å²) in [6, 6.07) is 7.77. The van der Waals surface area contributed by atoms with Crippen molar-refractivity contribution in [2.75, 3.05) is 11.4 Å². The second-order valence-corrected chi connectivity index (χ2v) is 5.43. The normalized spacial score (nSPS) is 17.0. The summed E-state index contributed by atoms with van der Waals surface area (Å²) in [6.07, 6.45) is 0.861. The number of carbonyl (C=O) groups is 2. The first kappa shape index (κ1) is 14.4. The van der Waals surface area contributed by atoms with Crippen molar-refractivity contribution >= 4 is 17.6 Å². The molecular formula is C15H21N3O2. The van der Waals surface area contributed by atoms with Gasteiger partial charge in [-0.15, -0.1) is 0 Å². The van der Waals surface area contributed by atoms with Gasteiger partial charge in [0.1, 0.15) is 0 Å². The van der Waals surface area contributed by atoms with Gasteiger partial charge in [-0.05, 0) is 38.8 Å². The number of hydrogen-bond acceptors (Lipinski definition) is 2. The van der Waals surface area contributed by atoms with E-state index in [1.165, 1.54) is 5.56 Å². The number of nitrogens with one attached hydrogen (secondary N) is 2. The van der Waals surface area contributed by atoms with Crippen molar-refractivity contribution in [2.24, 2.45) is 0 Å². The third kappa shape index (κ3) is 3.10. The van der Waals surface area contributed by atoms with Crippen molar-refractivity contribution in [3.05, 3.63) is 29.8 Å². The molecule has 1 unspecified atom stereocenters. The third-order valence-electron chi connectivity index (χ3n) is 3.30. The Hall–Kier alpha value is -2.04. The van der Waals surface area contributed by atoms with E-state index in [-0.39, 0.29) is 30.6 Å². The largest absolute Gasteiger partial charge is 0.336 e. The second kappa shape index (κ2) is 5.94. The van der Waals surface area contributed by atoms with Crippen molar-refractivity contribution in [3.63, 3.8) is 0 Å². The molecule has 5 nitrogen and oxygen atoms in total. The van der Waals surface area contributed by atoms with E-state index in [1.54, 1.807) is 4.90 Å². The number of nitrogens with zero attached hydrogens (tertiary/aromatic N) is 1. The minimum absolute atomic E-state index is 0.0111. The lowest BCUT2D eigenvalue weighted by Crippen LogP contribution is -2.46. The van der Waals surface area contributed by atoms with E-state index < -0.39 is 0 Å². The minimum atomic E-state index is -0.312. The van der Waals surface area contributed by atoms with Crippen LogP contribution in [-0.4, -0.2) is 30.6 Å². The fraction of sp³-hybridized carbons (Fsp3) is 0.467. The van der Waals surface area contributed by atoms with E-state index in [2.05, 4.69) is 10.6 Å². The highest BCUT2D eigenvalue weighted by atomic mass is 16.2. The summed E-state index contributed by atoms with van der Waals surface area (Å²) in [6.45, 7) is 5.78. The van der Waals surface area contributed by atoms with Crippen LogP contribution in [0.25, 0.3) is 0 Å². The first-order valence-corrected chi connectivity index (χ1v) is 6.93. The average Bonchev–Trinajstić information content (AvgIpc) is 2.71. The molecule has 1 aromatic carbocycles. The summed E-state index contributed by atoms with van der Waals surface area (Å²) in [4.78, 5) is 25.6. The molecule has 108 valence electrons. The Labute approximate surface area is 119 Å². The first-order valence-electron chi connectivity index (χ1n) is 6.93. The summed E-state index contributed by atoms with van der Waals surface area (Å²) in [5.41, 5.74) is 2.14. The quantitative estimate of drug-likeness (QED) is 0.881. The van der Waals surface area contributed by atoms with Crippen LogP contribution < -0.4 is 15.5 Å². The molecule has 0 saturated heterocycles. The SMILES string of the molecule is CC(C)NC(=O)NCC(=O)N1c2ccccc2CC1C. The molecule has 0 bridgehead atoms. The summed E-state index contributed by atoms with van der Waals surface area (Å²) in [5.74, 6) is -0.0821. The number of anilines is 1. The summed E-state index contributed by atoms with van der Waals surface area (Å²) < 4.78 is 0. The molecule has 1 atom stereocenters. The molecule has 1 aliphatic heterocycles. The van der Waals surface area contributed by atoms with Crippen LogP contribution in [0.3, 0.4) is 0 Å². The van der Waals surface area contributed by atoms with Crippen molar-refractivity contribution in [1.82, 2.24) is 10.6 Å². The van der Waals surface area contributed by atoms with Crippen LogP contribution in [0.1, 0.15) is 26.3 Å². The minimum Gasteiger partial charge on any atom is -0.336 e. The highest BCUT2D eigenvalue weighted by Crippen LogP contribution is 2.31. The second-order valence-electron chi connectivity index (χ2n) is 5.43. The van der Waals surface area contributed by atoms with Crippen molar-refractivity contribution in [2.45, 2.75) is 39.3 Å². The molecule has 0 saturated carbocycles. The Morgan fingerprint density at radius 3 is 2.75 bits per heavy atom. The summed E-state index contributed by atoms with van der Waals surface area (Å²) in [5, 5.41) is 5.30. The smallest absolute Gasteiger partial charge is 0.315 e. The highest BCUT2D eigenvalue weighted by molar-refractivity contribution is 5.98. The van der Waals surface area contributed by atoms with Gasteiger partial charge in [0.05, 0.1) is 6.54 Å². The fourth-order valence-electron chi connectivity index (χ4n) is 2.50. The van der Waals surface area contributed by atoms with E-state index in [1.807, 2.05) is 45.0 Å². The molecule has 1 heterocycles. The number of hydrogen-bond donors (Lipinski definition) is 2. The Balaban J connectivity index is 1.98. The third-order valence-corrected chi connectivity index (χ3v) is 3.30. The number of amides is 3. The Morgan fingerprint density at radius 1 is 1.35 bits per heavy atom. The van der Waals surface area contributed by atoms with Crippen LogP contribution in [0, 0.1) is 0 Å². The number of carbonyl (C=O) groups excluding carboxylic acids is 2. The van der Waals surface area contributed by atoms with Crippen LogP contribution >= 0.6 is 0 Å². The van der Waals surface area contributed by atoms with Crippen LogP contribution in [0.4, 0.5) is 10.5 Å². The number of fused-ring (bicyclic) bond motifs is 1. The zero-order valence-corrected chi connectivity index (χ0v) is 12.1. The Bertz CT molecular complexity index is 514. The monoisotopic (exact) mass is 275 g/mol. The topological polar surface area (TPSA) is 61.4 Å². The molecule has 0 aromatic heterocycles. The standard InChI is InChI=1S/C15H21N3O2/c1-10(2)17-15(20)16-9-14(19)18-11(3)8-12-6-4-5-7-13(12)18/h4-7,10-11H,8-9H2,1-3H3,(H2,16,17,20). The summed E-state index contributed by atoms with van der Waals surface area (Å²) >= 11 is 0. The van der Waals surface area contributed by atoms with E-state index in [0.717, 1.165) is 12.1 Å². The van der Waals surface area contributed by atoms with Gasteiger partial charge in [0.25, 0.3) is 0 Å². The Kier molecular flexibility index (Phi) is 4.27. The number of rotatable bonds is 3. The summed E-state index contributed by atoms with van der Waals surface area (Å²) in [7, 11) is 0. The van der Waals surface area contributed by atoms with Crippen LogP contribution in [0.5, 0.6) is 0 Å². The van der Waals surface area contributed by atoms with Crippen molar-refractivity contribution in [3.8, 4) is 0 Å². The van der Waals surface area contributed by atoms with Gasteiger partial charge in [0, 0.05) is 17.8 Å². The molecule has 5 heteroatoms. The van der Waals surface area contributed by atoms with E-state index >= 15 is 0 Å². The predicted molar refractivity (Wildman–Crippen MR) is 78.8 cm³/mol. The van der Waals surface area contributed by atoms with Gasteiger partial charge in [0.2, 0.25) is 5.91 Å². The number of para-hydroxylation sites is 1. The average molecular weight is 275 g/mol. The maximum absolute atomic E-state index is 12.3. The number of benzene rings is 1. The van der Waals surface area contributed by atoms with Gasteiger partial charge in [0.15, 0.2) is 0 Å². The van der Waals surface area contributed by atoms with E-state index in [4.69, 9.17) is 0 Å².